The zero-order valence-electron chi connectivity index (χ0n) is 20.0. The van der Waals surface area contributed by atoms with E-state index >= 15 is 0 Å². The fraction of sp³-hybridized carbons (Fsp3) is 0.231. The van der Waals surface area contributed by atoms with Crippen LogP contribution in [0.15, 0.2) is 65.6 Å². The number of amides is 2. The number of benzene rings is 3. The number of hydrogen-bond acceptors (Lipinski definition) is 4. The predicted octanol–water partition coefficient (Wildman–Crippen LogP) is 5.54. The molecule has 0 saturated heterocycles. The lowest BCUT2D eigenvalue weighted by Crippen LogP contribution is -2.32. The minimum Gasteiger partial charge on any atom is -0.350 e. The molecule has 35 heavy (non-hydrogen) atoms. The minimum absolute atomic E-state index is 0.0207. The molecule has 3 N–H and O–H groups in total. The van der Waals surface area contributed by atoms with Crippen LogP contribution in [0.5, 0.6) is 0 Å². The Bertz CT molecular complexity index is 1370. The molecule has 0 spiro atoms. The van der Waals surface area contributed by atoms with E-state index in [9.17, 15) is 18.0 Å². The number of sulfonamides is 1. The van der Waals surface area contributed by atoms with Gasteiger partial charge in [0.1, 0.15) is 4.90 Å². The van der Waals surface area contributed by atoms with Gasteiger partial charge in [0.2, 0.25) is 0 Å². The van der Waals surface area contributed by atoms with E-state index < -0.39 is 15.9 Å². The second-order valence-electron chi connectivity index (χ2n) is 8.28. The first-order valence-corrected chi connectivity index (χ1v) is 13.0. The Hall–Kier alpha value is -3.36. The number of aryl methyl sites for hydroxylation is 1. The predicted molar refractivity (Wildman–Crippen MR) is 140 cm³/mol. The van der Waals surface area contributed by atoms with Gasteiger partial charge < -0.3 is 10.6 Å². The maximum absolute atomic E-state index is 13.1. The number of anilines is 2. The Kier molecular flexibility index (Phi) is 8.19. The van der Waals surface area contributed by atoms with Crippen molar-refractivity contribution in [3.8, 4) is 0 Å². The molecule has 0 aliphatic carbocycles. The van der Waals surface area contributed by atoms with Gasteiger partial charge in [-0.3, -0.25) is 14.3 Å². The fourth-order valence-electron chi connectivity index (χ4n) is 3.30. The van der Waals surface area contributed by atoms with Crippen molar-refractivity contribution in [2.24, 2.45) is 0 Å². The van der Waals surface area contributed by atoms with E-state index in [2.05, 4.69) is 15.4 Å². The van der Waals surface area contributed by atoms with E-state index in [-0.39, 0.29) is 27.4 Å². The van der Waals surface area contributed by atoms with Crippen molar-refractivity contribution in [3.63, 3.8) is 0 Å². The molecular formula is C26H28ClN3O4S. The second kappa shape index (κ2) is 10.9. The summed E-state index contributed by atoms with van der Waals surface area (Å²) in [6.07, 6.45) is 0.762. The lowest BCUT2D eigenvalue weighted by molar-refractivity contribution is 0.0940. The topological polar surface area (TPSA) is 104 Å². The Balaban J connectivity index is 1.89. The van der Waals surface area contributed by atoms with Gasteiger partial charge in [-0.15, -0.1) is 0 Å². The third kappa shape index (κ3) is 6.21. The highest BCUT2D eigenvalue weighted by atomic mass is 35.5. The van der Waals surface area contributed by atoms with Crippen molar-refractivity contribution in [2.45, 2.75) is 45.1 Å². The summed E-state index contributed by atoms with van der Waals surface area (Å²) in [5.74, 6) is -0.888. The highest BCUT2D eigenvalue weighted by molar-refractivity contribution is 7.92. The summed E-state index contributed by atoms with van der Waals surface area (Å²) in [7, 11) is -4.08. The first-order valence-electron chi connectivity index (χ1n) is 11.1. The maximum atomic E-state index is 13.1. The molecule has 3 aromatic carbocycles. The highest BCUT2D eigenvalue weighted by Crippen LogP contribution is 2.28. The molecule has 0 bridgehead atoms. The minimum atomic E-state index is -4.08. The van der Waals surface area contributed by atoms with Gasteiger partial charge in [-0.05, 0) is 74.7 Å². The fourth-order valence-corrected chi connectivity index (χ4v) is 4.95. The Morgan fingerprint density at radius 1 is 0.943 bits per heavy atom. The summed E-state index contributed by atoms with van der Waals surface area (Å²) in [6.45, 7) is 7.54. The maximum Gasteiger partial charge on any atom is 0.263 e. The number of rotatable bonds is 8. The number of para-hydroxylation sites is 1. The van der Waals surface area contributed by atoms with Gasteiger partial charge in [-0.1, -0.05) is 42.8 Å². The molecule has 2 amide bonds. The molecule has 0 heterocycles. The third-order valence-electron chi connectivity index (χ3n) is 5.74. The molecule has 0 radical (unpaired) electrons. The quantitative estimate of drug-likeness (QED) is 0.368. The first kappa shape index (κ1) is 26.2. The van der Waals surface area contributed by atoms with Crippen LogP contribution >= 0.6 is 11.6 Å². The number of nitrogens with one attached hydrogen (secondary N) is 3. The van der Waals surface area contributed by atoms with Crippen LogP contribution in [0.2, 0.25) is 5.02 Å². The number of carbonyl (C=O) groups excluding carboxylic acids is 2. The van der Waals surface area contributed by atoms with Crippen LogP contribution in [0.25, 0.3) is 0 Å². The van der Waals surface area contributed by atoms with Gasteiger partial charge in [0.15, 0.2) is 0 Å². The summed E-state index contributed by atoms with van der Waals surface area (Å²) in [5, 5.41) is 5.56. The number of hydrogen-bond donors (Lipinski definition) is 3. The second-order valence-corrected chi connectivity index (χ2v) is 10.3. The molecule has 0 fully saturated rings. The van der Waals surface area contributed by atoms with Gasteiger partial charge in [0, 0.05) is 11.6 Å². The Morgan fingerprint density at radius 3 is 2.34 bits per heavy atom. The normalized spacial score (nSPS) is 12.0. The van der Waals surface area contributed by atoms with Crippen molar-refractivity contribution < 1.29 is 18.0 Å². The van der Waals surface area contributed by atoms with Crippen LogP contribution in [0.3, 0.4) is 0 Å². The number of carbonyl (C=O) groups is 2. The lowest BCUT2D eigenvalue weighted by atomic mass is 10.1. The van der Waals surface area contributed by atoms with Gasteiger partial charge in [-0.25, -0.2) is 8.42 Å². The van der Waals surface area contributed by atoms with Crippen LogP contribution in [0.4, 0.5) is 11.4 Å². The van der Waals surface area contributed by atoms with Crippen LogP contribution in [0.1, 0.15) is 52.1 Å². The van der Waals surface area contributed by atoms with E-state index in [1.165, 1.54) is 18.2 Å². The van der Waals surface area contributed by atoms with E-state index in [4.69, 9.17) is 11.6 Å². The summed E-state index contributed by atoms with van der Waals surface area (Å²) in [5.41, 5.74) is 2.84. The van der Waals surface area contributed by atoms with Crippen molar-refractivity contribution in [1.29, 1.82) is 0 Å². The first-order chi connectivity index (χ1) is 16.5. The van der Waals surface area contributed by atoms with Crippen molar-refractivity contribution in [2.75, 3.05) is 10.0 Å². The highest BCUT2D eigenvalue weighted by Gasteiger charge is 2.22. The molecule has 0 saturated carbocycles. The van der Waals surface area contributed by atoms with Gasteiger partial charge >= 0.3 is 0 Å². The zero-order chi connectivity index (χ0) is 25.8. The van der Waals surface area contributed by atoms with Gasteiger partial charge in [-0.2, -0.15) is 0 Å². The monoisotopic (exact) mass is 513 g/mol. The number of halogens is 1. The molecule has 1 atom stereocenters. The van der Waals surface area contributed by atoms with Crippen LogP contribution in [0, 0.1) is 13.8 Å². The summed E-state index contributed by atoms with van der Waals surface area (Å²) in [6, 6.07) is 15.9. The molecular weight excluding hydrogens is 486 g/mol. The van der Waals surface area contributed by atoms with E-state index in [0.29, 0.717) is 16.9 Å². The third-order valence-corrected chi connectivity index (χ3v) is 7.59. The van der Waals surface area contributed by atoms with Gasteiger partial charge in [0.25, 0.3) is 21.8 Å². The largest absolute Gasteiger partial charge is 0.350 e. The van der Waals surface area contributed by atoms with Crippen molar-refractivity contribution in [1.82, 2.24) is 5.32 Å². The Morgan fingerprint density at radius 2 is 1.63 bits per heavy atom. The molecule has 184 valence electrons. The van der Waals surface area contributed by atoms with Crippen LogP contribution in [-0.2, 0) is 10.0 Å². The summed E-state index contributed by atoms with van der Waals surface area (Å²) in [4.78, 5) is 25.4. The van der Waals surface area contributed by atoms with Crippen LogP contribution < -0.4 is 15.4 Å². The average Bonchev–Trinajstić information content (AvgIpc) is 2.82. The summed E-state index contributed by atoms with van der Waals surface area (Å²) >= 11 is 6.21. The molecule has 7 nitrogen and oxygen atoms in total. The summed E-state index contributed by atoms with van der Waals surface area (Å²) < 4.78 is 28.8. The molecule has 0 aliphatic heterocycles. The van der Waals surface area contributed by atoms with E-state index in [1.807, 2.05) is 33.8 Å². The lowest BCUT2D eigenvalue weighted by Gasteiger charge is -2.15. The molecule has 9 heteroatoms. The van der Waals surface area contributed by atoms with Crippen molar-refractivity contribution in [3.05, 3.63) is 87.9 Å². The Labute approximate surface area is 211 Å². The van der Waals surface area contributed by atoms with Crippen molar-refractivity contribution >= 4 is 44.8 Å². The van der Waals surface area contributed by atoms with E-state index in [1.54, 1.807) is 36.4 Å². The molecule has 3 aromatic rings. The van der Waals surface area contributed by atoms with Gasteiger partial charge in [0.05, 0.1) is 22.0 Å². The molecule has 3 rings (SSSR count). The standard InChI is InChI=1S/C26H28ClN3O4S/c1-5-17(3)28-26(32)20-10-6-7-11-23(20)29-25(31)19-13-14-21(27)24(15-19)35(33,34)30-22-12-8-9-16(2)18(22)4/h6-15,17,30H,5H2,1-4H3,(H,28,32)(H,29,31)/t17-/m1/s1. The van der Waals surface area contributed by atoms with Crippen LogP contribution in [-0.4, -0.2) is 26.3 Å². The van der Waals surface area contributed by atoms with E-state index in [0.717, 1.165) is 17.5 Å². The molecule has 0 unspecified atom stereocenters. The smallest absolute Gasteiger partial charge is 0.263 e. The zero-order valence-corrected chi connectivity index (χ0v) is 21.5. The average molecular weight is 514 g/mol. The molecule has 0 aromatic heterocycles. The molecule has 0 aliphatic rings. The SMILES string of the molecule is CC[C@@H](C)NC(=O)c1ccccc1NC(=O)c1ccc(Cl)c(S(=O)(=O)Nc2cccc(C)c2C)c1.